The zero-order valence-electron chi connectivity index (χ0n) is 11.6. The Labute approximate surface area is 134 Å². The molecule has 8 heteroatoms. The van der Waals surface area contributed by atoms with Crippen LogP contribution in [0.15, 0.2) is 24.3 Å². The molecule has 1 amide bonds. The molecule has 21 heavy (non-hydrogen) atoms. The minimum Gasteiger partial charge on any atom is -0.351 e. The zero-order chi connectivity index (χ0) is 15.9. The molecule has 1 aromatic rings. The van der Waals surface area contributed by atoms with Gasteiger partial charge < -0.3 is 5.32 Å². The van der Waals surface area contributed by atoms with Crippen LogP contribution >= 0.6 is 23.2 Å². The third-order valence-electron chi connectivity index (χ3n) is 3.51. The summed E-state index contributed by atoms with van der Waals surface area (Å²) in [7, 11) is -3.38. The lowest BCUT2D eigenvalue weighted by Gasteiger charge is -2.15. The van der Waals surface area contributed by atoms with Crippen LogP contribution in [0, 0.1) is 5.41 Å². The predicted molar refractivity (Wildman–Crippen MR) is 83.9 cm³/mol. The van der Waals surface area contributed by atoms with Crippen LogP contribution in [0.1, 0.15) is 18.9 Å². The van der Waals surface area contributed by atoms with Gasteiger partial charge in [0.05, 0.1) is 17.4 Å². The summed E-state index contributed by atoms with van der Waals surface area (Å²) in [6.07, 6.45) is 1.47. The van der Waals surface area contributed by atoms with E-state index < -0.39 is 19.8 Å². The van der Waals surface area contributed by atoms with Gasteiger partial charge in [0.2, 0.25) is 15.9 Å². The van der Waals surface area contributed by atoms with Gasteiger partial charge in [-0.1, -0.05) is 18.2 Å². The second-order valence-corrected chi connectivity index (χ2v) is 8.66. The minimum atomic E-state index is -3.38. The number of amides is 1. The first-order valence-corrected chi connectivity index (χ1v) is 8.92. The van der Waals surface area contributed by atoms with Crippen molar-refractivity contribution in [2.24, 2.45) is 5.41 Å². The number of anilines is 1. The Morgan fingerprint density at radius 1 is 1.33 bits per heavy atom. The number of rotatable bonds is 5. The van der Waals surface area contributed by atoms with Crippen LogP contribution in [0.3, 0.4) is 0 Å². The average molecular weight is 351 g/mol. The van der Waals surface area contributed by atoms with Gasteiger partial charge in [0.25, 0.3) is 0 Å². The van der Waals surface area contributed by atoms with Gasteiger partial charge in [-0.05, 0) is 25.0 Å². The highest BCUT2D eigenvalue weighted by Gasteiger charge is 2.67. The van der Waals surface area contributed by atoms with Crippen molar-refractivity contribution in [3.63, 3.8) is 0 Å². The molecule has 1 unspecified atom stereocenters. The molecule has 1 saturated carbocycles. The zero-order valence-corrected chi connectivity index (χ0v) is 13.9. The van der Waals surface area contributed by atoms with Crippen molar-refractivity contribution in [3.05, 3.63) is 29.8 Å². The molecule has 2 rings (SSSR count). The maximum absolute atomic E-state index is 12.1. The molecule has 1 aromatic carbocycles. The second kappa shape index (κ2) is 5.34. The Morgan fingerprint density at radius 2 is 1.90 bits per heavy atom. The van der Waals surface area contributed by atoms with Crippen LogP contribution in [0.25, 0.3) is 0 Å². The summed E-state index contributed by atoms with van der Waals surface area (Å²) < 4.78 is 24.0. The first-order valence-electron chi connectivity index (χ1n) is 6.27. The van der Waals surface area contributed by atoms with Crippen LogP contribution in [0.5, 0.6) is 0 Å². The predicted octanol–water partition coefficient (Wildman–Crippen LogP) is 2.26. The second-order valence-electron chi connectivity index (χ2n) is 5.43. The number of para-hydroxylation sites is 1. The van der Waals surface area contributed by atoms with Crippen molar-refractivity contribution in [1.82, 2.24) is 5.32 Å². The van der Waals surface area contributed by atoms with Gasteiger partial charge in [-0.25, -0.2) is 8.42 Å². The summed E-state index contributed by atoms with van der Waals surface area (Å²) >= 11 is 11.9. The highest BCUT2D eigenvalue weighted by molar-refractivity contribution is 7.92. The van der Waals surface area contributed by atoms with Gasteiger partial charge in [0, 0.05) is 6.54 Å². The molecule has 5 nitrogen and oxygen atoms in total. The standard InChI is InChI=1S/C13H16Cl2N2O3S/c1-12(8-13(12,14)15)11(18)16-7-9-5-3-4-6-10(9)17-21(2,19)20/h3-6,17H,7-8H2,1-2H3,(H,16,18). The van der Waals surface area contributed by atoms with E-state index in [0.717, 1.165) is 6.26 Å². The average Bonchev–Trinajstić information content (AvgIpc) is 2.86. The number of carbonyl (C=O) groups is 1. The van der Waals surface area contributed by atoms with Crippen molar-refractivity contribution in [2.75, 3.05) is 11.0 Å². The number of hydrogen-bond donors (Lipinski definition) is 2. The normalized spacial score (nSPS) is 23.4. The van der Waals surface area contributed by atoms with Crippen molar-refractivity contribution in [3.8, 4) is 0 Å². The lowest BCUT2D eigenvalue weighted by Crippen LogP contribution is -2.33. The van der Waals surface area contributed by atoms with Gasteiger partial charge in [-0.15, -0.1) is 23.2 Å². The highest BCUT2D eigenvalue weighted by atomic mass is 35.5. The maximum Gasteiger partial charge on any atom is 0.229 e. The SMILES string of the molecule is CC1(C(=O)NCc2ccccc2NS(C)(=O)=O)CC1(Cl)Cl. The van der Waals surface area contributed by atoms with Crippen LogP contribution in [-0.2, 0) is 21.4 Å². The van der Waals surface area contributed by atoms with Crippen molar-refractivity contribution in [2.45, 2.75) is 24.2 Å². The van der Waals surface area contributed by atoms with Gasteiger partial charge >= 0.3 is 0 Å². The van der Waals surface area contributed by atoms with Crippen LogP contribution in [0.2, 0.25) is 0 Å². The molecule has 0 bridgehead atoms. The number of benzene rings is 1. The van der Waals surface area contributed by atoms with Crippen LogP contribution < -0.4 is 10.0 Å². The van der Waals surface area contributed by atoms with Gasteiger partial charge in [-0.2, -0.15) is 0 Å². The van der Waals surface area contributed by atoms with E-state index in [1.165, 1.54) is 0 Å². The first kappa shape index (κ1) is 16.4. The molecular weight excluding hydrogens is 335 g/mol. The molecule has 1 aliphatic rings. The molecule has 0 spiro atoms. The molecular formula is C13H16Cl2N2O3S. The molecule has 1 fully saturated rings. The molecule has 0 saturated heterocycles. The van der Waals surface area contributed by atoms with Crippen molar-refractivity contribution >= 4 is 44.8 Å². The fourth-order valence-corrected chi connectivity index (χ4v) is 3.30. The van der Waals surface area contributed by atoms with E-state index in [4.69, 9.17) is 23.2 Å². The molecule has 0 radical (unpaired) electrons. The highest BCUT2D eigenvalue weighted by Crippen LogP contribution is 2.63. The smallest absolute Gasteiger partial charge is 0.229 e. The summed E-state index contributed by atoms with van der Waals surface area (Å²) in [6, 6.07) is 6.84. The largest absolute Gasteiger partial charge is 0.351 e. The van der Waals surface area contributed by atoms with Crippen LogP contribution in [-0.4, -0.2) is 24.9 Å². The Kier molecular flexibility index (Phi) is 4.17. The minimum absolute atomic E-state index is 0.191. The van der Waals surface area contributed by atoms with Gasteiger partial charge in [0.1, 0.15) is 4.33 Å². The monoisotopic (exact) mass is 350 g/mol. The first-order chi connectivity index (χ1) is 9.55. The Hall–Kier alpha value is -0.980. The summed E-state index contributed by atoms with van der Waals surface area (Å²) in [4.78, 5) is 12.1. The summed E-state index contributed by atoms with van der Waals surface area (Å²) in [6.45, 7) is 1.89. The Morgan fingerprint density at radius 3 is 2.43 bits per heavy atom. The van der Waals surface area contributed by atoms with E-state index >= 15 is 0 Å². The molecule has 0 aliphatic heterocycles. The van der Waals surface area contributed by atoms with Gasteiger partial charge in [-0.3, -0.25) is 9.52 Å². The molecule has 1 atom stereocenters. The Balaban J connectivity index is 2.06. The third kappa shape index (κ3) is 3.62. The third-order valence-corrected chi connectivity index (χ3v) is 5.20. The fourth-order valence-electron chi connectivity index (χ4n) is 1.99. The van der Waals surface area contributed by atoms with E-state index in [1.807, 2.05) is 0 Å². The Bertz CT molecular complexity index is 676. The molecule has 2 N–H and O–H groups in total. The fraction of sp³-hybridized carbons (Fsp3) is 0.462. The number of hydrogen-bond acceptors (Lipinski definition) is 3. The number of carbonyl (C=O) groups excluding carboxylic acids is 1. The summed E-state index contributed by atoms with van der Waals surface area (Å²) in [5.74, 6) is -0.248. The van der Waals surface area contributed by atoms with E-state index in [2.05, 4.69) is 10.0 Å². The van der Waals surface area contributed by atoms with E-state index in [0.29, 0.717) is 17.7 Å². The molecule has 1 aliphatic carbocycles. The van der Waals surface area contributed by atoms with E-state index in [9.17, 15) is 13.2 Å². The number of nitrogens with one attached hydrogen (secondary N) is 2. The summed E-state index contributed by atoms with van der Waals surface area (Å²) in [5.41, 5.74) is 0.300. The molecule has 0 heterocycles. The van der Waals surface area contributed by atoms with E-state index in [-0.39, 0.29) is 12.5 Å². The van der Waals surface area contributed by atoms with Crippen molar-refractivity contribution in [1.29, 1.82) is 0 Å². The maximum atomic E-state index is 12.1. The van der Waals surface area contributed by atoms with Crippen molar-refractivity contribution < 1.29 is 13.2 Å². The number of halogens is 2. The molecule has 116 valence electrons. The van der Waals surface area contributed by atoms with Crippen LogP contribution in [0.4, 0.5) is 5.69 Å². The quantitative estimate of drug-likeness (QED) is 0.799. The topological polar surface area (TPSA) is 75.3 Å². The number of alkyl halides is 2. The van der Waals surface area contributed by atoms with E-state index in [1.54, 1.807) is 31.2 Å². The lowest BCUT2D eigenvalue weighted by molar-refractivity contribution is -0.125. The van der Waals surface area contributed by atoms with Gasteiger partial charge in [0.15, 0.2) is 0 Å². The number of sulfonamides is 1. The lowest BCUT2D eigenvalue weighted by atomic mass is 10.1. The molecule has 0 aromatic heterocycles. The summed E-state index contributed by atoms with van der Waals surface area (Å²) in [5, 5.41) is 2.74.